The molecule has 0 spiro atoms. The van der Waals surface area contributed by atoms with E-state index in [-0.39, 0.29) is 16.5 Å². The van der Waals surface area contributed by atoms with Crippen molar-refractivity contribution in [2.75, 3.05) is 24.0 Å². The molecule has 1 atom stereocenters. The number of rotatable bonds is 7. The molecule has 0 amide bonds. The molecule has 0 bridgehead atoms. The number of halogens is 1. The maximum Gasteiger partial charge on any atom is 0.269 e. The first-order chi connectivity index (χ1) is 9.04. The van der Waals surface area contributed by atoms with Crippen LogP contribution in [0.25, 0.3) is 0 Å². The van der Waals surface area contributed by atoms with Gasteiger partial charge in [0.05, 0.1) is 4.92 Å². The van der Waals surface area contributed by atoms with Crippen LogP contribution in [0.1, 0.15) is 18.9 Å². The molecule has 0 aliphatic carbocycles. The van der Waals surface area contributed by atoms with Crippen molar-refractivity contribution in [2.24, 2.45) is 0 Å². The minimum atomic E-state index is -0.390. The van der Waals surface area contributed by atoms with Crippen molar-refractivity contribution in [1.82, 2.24) is 0 Å². The molecule has 0 fully saturated rings. The number of thioether (sulfide) groups is 1. The maximum atomic E-state index is 10.8. The molecule has 0 aliphatic heterocycles. The molecule has 0 saturated heterocycles. The Morgan fingerprint density at radius 3 is 2.68 bits per heavy atom. The smallest absolute Gasteiger partial charge is 0.269 e. The van der Waals surface area contributed by atoms with Gasteiger partial charge in [0.15, 0.2) is 0 Å². The number of anilines is 1. The second kappa shape index (κ2) is 7.60. The normalized spacial score (nSPS) is 12.2. The number of nitro groups is 1. The van der Waals surface area contributed by atoms with E-state index in [1.807, 2.05) is 7.05 Å². The Morgan fingerprint density at radius 1 is 1.53 bits per heavy atom. The second-order valence-corrected chi connectivity index (χ2v) is 5.51. The standard InChI is InChI=1S/C13H19ClN2O2S/c1-4-11(9-19-3)15(2)13-6-5-12(16(17)18)7-10(13)8-14/h5-7,11H,4,8-9H2,1-3H3. The molecule has 1 unspecified atom stereocenters. The summed E-state index contributed by atoms with van der Waals surface area (Å²) < 4.78 is 0. The third kappa shape index (κ3) is 4.01. The van der Waals surface area contributed by atoms with Gasteiger partial charge in [-0.1, -0.05) is 6.92 Å². The lowest BCUT2D eigenvalue weighted by molar-refractivity contribution is -0.384. The van der Waals surface area contributed by atoms with Gasteiger partial charge >= 0.3 is 0 Å². The van der Waals surface area contributed by atoms with E-state index in [0.29, 0.717) is 6.04 Å². The molecule has 1 aromatic rings. The number of non-ortho nitro benzene ring substituents is 1. The van der Waals surface area contributed by atoms with E-state index < -0.39 is 0 Å². The number of alkyl halides is 1. The Kier molecular flexibility index (Phi) is 6.45. The summed E-state index contributed by atoms with van der Waals surface area (Å²) in [5.41, 5.74) is 1.87. The molecule has 0 aromatic heterocycles. The Hall–Kier alpha value is -0.940. The van der Waals surface area contributed by atoms with Gasteiger partial charge < -0.3 is 4.90 Å². The van der Waals surface area contributed by atoms with E-state index in [0.717, 1.165) is 23.4 Å². The summed E-state index contributed by atoms with van der Waals surface area (Å²) in [6, 6.07) is 5.29. The molecule has 19 heavy (non-hydrogen) atoms. The van der Waals surface area contributed by atoms with Gasteiger partial charge in [0, 0.05) is 42.5 Å². The Balaban J connectivity index is 3.08. The van der Waals surface area contributed by atoms with Gasteiger partial charge in [-0.3, -0.25) is 10.1 Å². The summed E-state index contributed by atoms with van der Waals surface area (Å²) >= 11 is 7.72. The summed E-state index contributed by atoms with van der Waals surface area (Å²) in [4.78, 5) is 12.6. The Bertz CT molecular complexity index is 443. The van der Waals surface area contributed by atoms with E-state index >= 15 is 0 Å². The topological polar surface area (TPSA) is 46.4 Å². The van der Waals surface area contributed by atoms with Crippen LogP contribution < -0.4 is 4.90 Å². The summed E-state index contributed by atoms with van der Waals surface area (Å²) in [5, 5.41) is 10.8. The summed E-state index contributed by atoms with van der Waals surface area (Å²) in [5.74, 6) is 1.29. The van der Waals surface area contributed by atoms with Gasteiger partial charge in [0.25, 0.3) is 5.69 Å². The minimum absolute atomic E-state index is 0.0886. The van der Waals surface area contributed by atoms with Crippen LogP contribution in [-0.2, 0) is 5.88 Å². The molecular formula is C13H19ClN2O2S. The molecular weight excluding hydrogens is 284 g/mol. The zero-order chi connectivity index (χ0) is 14.4. The lowest BCUT2D eigenvalue weighted by Gasteiger charge is -2.30. The number of benzene rings is 1. The quantitative estimate of drug-likeness (QED) is 0.435. The molecule has 0 radical (unpaired) electrons. The highest BCUT2D eigenvalue weighted by Gasteiger charge is 2.18. The van der Waals surface area contributed by atoms with Gasteiger partial charge in [-0.05, 0) is 24.3 Å². The van der Waals surface area contributed by atoms with Crippen LogP contribution in [0.4, 0.5) is 11.4 Å². The molecule has 0 heterocycles. The van der Waals surface area contributed by atoms with E-state index in [1.54, 1.807) is 23.9 Å². The fraction of sp³-hybridized carbons (Fsp3) is 0.538. The number of hydrogen-bond donors (Lipinski definition) is 0. The highest BCUT2D eigenvalue weighted by molar-refractivity contribution is 7.98. The van der Waals surface area contributed by atoms with Gasteiger partial charge in [-0.2, -0.15) is 11.8 Å². The molecule has 0 N–H and O–H groups in total. The van der Waals surface area contributed by atoms with Crippen LogP contribution in [0.5, 0.6) is 0 Å². The fourth-order valence-electron chi connectivity index (χ4n) is 2.03. The van der Waals surface area contributed by atoms with Gasteiger partial charge in [0.2, 0.25) is 0 Å². The van der Waals surface area contributed by atoms with E-state index in [4.69, 9.17) is 11.6 Å². The zero-order valence-corrected chi connectivity index (χ0v) is 13.0. The monoisotopic (exact) mass is 302 g/mol. The first-order valence-electron chi connectivity index (χ1n) is 6.10. The summed E-state index contributed by atoms with van der Waals surface area (Å²) in [6.45, 7) is 2.14. The van der Waals surface area contributed by atoms with Crippen molar-refractivity contribution in [1.29, 1.82) is 0 Å². The van der Waals surface area contributed by atoms with E-state index in [2.05, 4.69) is 18.1 Å². The third-order valence-electron chi connectivity index (χ3n) is 3.18. The predicted octanol–water partition coefficient (Wildman–Crippen LogP) is 3.91. The molecule has 6 heteroatoms. The fourth-order valence-corrected chi connectivity index (χ4v) is 3.09. The largest absolute Gasteiger partial charge is 0.371 e. The zero-order valence-electron chi connectivity index (χ0n) is 11.4. The molecule has 4 nitrogen and oxygen atoms in total. The van der Waals surface area contributed by atoms with Crippen molar-refractivity contribution < 1.29 is 4.92 Å². The first-order valence-corrected chi connectivity index (χ1v) is 8.03. The van der Waals surface area contributed by atoms with Crippen LogP contribution >= 0.6 is 23.4 Å². The molecule has 1 rings (SSSR count). The lowest BCUT2D eigenvalue weighted by atomic mass is 10.1. The van der Waals surface area contributed by atoms with Crippen LogP contribution in [0.2, 0.25) is 0 Å². The number of nitro benzene ring substituents is 1. The Morgan fingerprint density at radius 2 is 2.21 bits per heavy atom. The van der Waals surface area contributed by atoms with E-state index in [9.17, 15) is 10.1 Å². The van der Waals surface area contributed by atoms with Crippen LogP contribution in [0.3, 0.4) is 0 Å². The molecule has 106 valence electrons. The van der Waals surface area contributed by atoms with Crippen molar-refractivity contribution in [3.63, 3.8) is 0 Å². The Labute approximate surface area is 123 Å². The molecule has 1 aromatic carbocycles. The average Bonchev–Trinajstić information content (AvgIpc) is 2.43. The second-order valence-electron chi connectivity index (χ2n) is 4.33. The van der Waals surface area contributed by atoms with Crippen molar-refractivity contribution >= 4 is 34.7 Å². The third-order valence-corrected chi connectivity index (χ3v) is 4.18. The van der Waals surface area contributed by atoms with Crippen molar-refractivity contribution in [3.05, 3.63) is 33.9 Å². The average molecular weight is 303 g/mol. The first kappa shape index (κ1) is 16.1. The van der Waals surface area contributed by atoms with Crippen molar-refractivity contribution in [3.8, 4) is 0 Å². The van der Waals surface area contributed by atoms with Crippen LogP contribution in [-0.4, -0.2) is 30.0 Å². The van der Waals surface area contributed by atoms with E-state index in [1.165, 1.54) is 6.07 Å². The SMILES string of the molecule is CCC(CSC)N(C)c1ccc([N+](=O)[O-])cc1CCl. The summed E-state index contributed by atoms with van der Waals surface area (Å²) in [6.07, 6.45) is 3.10. The highest BCUT2D eigenvalue weighted by Crippen LogP contribution is 2.28. The van der Waals surface area contributed by atoms with Gasteiger partial charge in [-0.25, -0.2) is 0 Å². The maximum absolute atomic E-state index is 10.8. The highest BCUT2D eigenvalue weighted by atomic mass is 35.5. The lowest BCUT2D eigenvalue weighted by Crippen LogP contribution is -2.33. The molecule has 0 aliphatic rings. The predicted molar refractivity (Wildman–Crippen MR) is 83.5 cm³/mol. The number of hydrogen-bond acceptors (Lipinski definition) is 4. The summed E-state index contributed by atoms with van der Waals surface area (Å²) in [7, 11) is 2.02. The van der Waals surface area contributed by atoms with Crippen molar-refractivity contribution in [2.45, 2.75) is 25.3 Å². The number of nitrogens with zero attached hydrogens (tertiary/aromatic N) is 2. The molecule has 0 saturated carbocycles. The van der Waals surface area contributed by atoms with Gasteiger partial charge in [0.1, 0.15) is 0 Å². The van der Waals surface area contributed by atoms with Gasteiger partial charge in [-0.15, -0.1) is 11.6 Å². The minimum Gasteiger partial charge on any atom is -0.371 e. The van der Waals surface area contributed by atoms with Crippen LogP contribution in [0, 0.1) is 10.1 Å². The van der Waals surface area contributed by atoms with Crippen LogP contribution in [0.15, 0.2) is 18.2 Å².